The number of rotatable bonds is 4. The number of fused-ring (bicyclic) bond motifs is 1. The molecule has 1 fully saturated rings. The van der Waals surface area contributed by atoms with Gasteiger partial charge in [0.25, 0.3) is 0 Å². The Morgan fingerprint density at radius 1 is 1.25 bits per heavy atom. The summed E-state index contributed by atoms with van der Waals surface area (Å²) in [4.78, 5) is 0. The Labute approximate surface area is 119 Å². The quantitative estimate of drug-likeness (QED) is 0.679. The van der Waals surface area contributed by atoms with Crippen molar-refractivity contribution in [2.75, 3.05) is 13.2 Å². The van der Waals surface area contributed by atoms with Crippen molar-refractivity contribution in [3.05, 3.63) is 29.3 Å². The van der Waals surface area contributed by atoms with E-state index in [0.29, 0.717) is 6.10 Å². The van der Waals surface area contributed by atoms with Crippen LogP contribution in [0.1, 0.15) is 36.8 Å². The van der Waals surface area contributed by atoms with Crippen molar-refractivity contribution >= 4 is 5.71 Å². The molecular formula is C16H21NO3. The zero-order chi connectivity index (χ0) is 13.8. The van der Waals surface area contributed by atoms with Crippen LogP contribution in [0.4, 0.5) is 0 Å². The van der Waals surface area contributed by atoms with Gasteiger partial charge in [-0.25, -0.2) is 0 Å². The van der Waals surface area contributed by atoms with E-state index in [-0.39, 0.29) is 0 Å². The van der Waals surface area contributed by atoms with E-state index in [4.69, 9.17) is 14.7 Å². The SMILES string of the molecule is ON=C1CCC(OCCc2ccc3c(c2)CCO3)CC1. The standard InChI is InChI=1S/C16H21NO3/c18-17-14-2-4-15(5-3-14)19-9-7-12-1-6-16-13(11-12)8-10-20-16/h1,6,11,15,18H,2-5,7-10H2. The van der Waals surface area contributed by atoms with Crippen LogP contribution in [0.15, 0.2) is 23.4 Å². The summed E-state index contributed by atoms with van der Waals surface area (Å²) in [5, 5.41) is 12.0. The molecule has 0 radical (unpaired) electrons. The average molecular weight is 275 g/mol. The van der Waals surface area contributed by atoms with E-state index < -0.39 is 0 Å². The number of hydrogen-bond acceptors (Lipinski definition) is 4. The van der Waals surface area contributed by atoms with E-state index in [1.54, 1.807) is 0 Å². The van der Waals surface area contributed by atoms with Gasteiger partial charge in [-0.3, -0.25) is 0 Å². The molecule has 0 amide bonds. The van der Waals surface area contributed by atoms with E-state index in [2.05, 4.69) is 23.4 Å². The van der Waals surface area contributed by atoms with E-state index >= 15 is 0 Å². The van der Waals surface area contributed by atoms with Gasteiger partial charge in [-0.1, -0.05) is 17.3 Å². The normalized spacial score (nSPS) is 21.4. The zero-order valence-electron chi connectivity index (χ0n) is 11.7. The highest BCUT2D eigenvalue weighted by atomic mass is 16.5. The molecule has 20 heavy (non-hydrogen) atoms. The lowest BCUT2D eigenvalue weighted by Gasteiger charge is -2.22. The second kappa shape index (κ2) is 6.27. The lowest BCUT2D eigenvalue weighted by atomic mass is 9.96. The molecule has 0 saturated heterocycles. The van der Waals surface area contributed by atoms with Crippen LogP contribution in [0.25, 0.3) is 0 Å². The third-order valence-corrected chi connectivity index (χ3v) is 4.15. The van der Waals surface area contributed by atoms with Crippen LogP contribution >= 0.6 is 0 Å². The van der Waals surface area contributed by atoms with Crippen LogP contribution in [0.3, 0.4) is 0 Å². The molecule has 4 heteroatoms. The molecule has 2 aliphatic rings. The summed E-state index contributed by atoms with van der Waals surface area (Å²) < 4.78 is 11.4. The predicted molar refractivity (Wildman–Crippen MR) is 76.8 cm³/mol. The first kappa shape index (κ1) is 13.4. The summed E-state index contributed by atoms with van der Waals surface area (Å²) in [6.07, 6.45) is 5.95. The minimum Gasteiger partial charge on any atom is -0.493 e. The first-order valence-electron chi connectivity index (χ1n) is 7.41. The molecular weight excluding hydrogens is 254 g/mol. The summed E-state index contributed by atoms with van der Waals surface area (Å²) in [7, 11) is 0. The van der Waals surface area contributed by atoms with Gasteiger partial charge in [-0.05, 0) is 49.3 Å². The van der Waals surface area contributed by atoms with Crippen molar-refractivity contribution in [3.63, 3.8) is 0 Å². The maximum absolute atomic E-state index is 8.72. The van der Waals surface area contributed by atoms with Crippen LogP contribution in [0.2, 0.25) is 0 Å². The van der Waals surface area contributed by atoms with Crippen molar-refractivity contribution in [2.24, 2.45) is 5.16 Å². The van der Waals surface area contributed by atoms with Crippen molar-refractivity contribution in [1.82, 2.24) is 0 Å². The van der Waals surface area contributed by atoms with Gasteiger partial charge in [0.2, 0.25) is 0 Å². The van der Waals surface area contributed by atoms with Crippen LogP contribution in [0.5, 0.6) is 5.75 Å². The van der Waals surface area contributed by atoms with Crippen LogP contribution in [0, 0.1) is 0 Å². The highest BCUT2D eigenvalue weighted by Crippen LogP contribution is 2.26. The molecule has 0 atom stereocenters. The zero-order valence-corrected chi connectivity index (χ0v) is 11.7. The smallest absolute Gasteiger partial charge is 0.122 e. The first-order chi connectivity index (χ1) is 9.85. The van der Waals surface area contributed by atoms with Gasteiger partial charge in [0.1, 0.15) is 5.75 Å². The number of ether oxygens (including phenoxy) is 2. The van der Waals surface area contributed by atoms with E-state index in [9.17, 15) is 0 Å². The van der Waals surface area contributed by atoms with Crippen molar-refractivity contribution in [2.45, 2.75) is 44.6 Å². The Morgan fingerprint density at radius 2 is 2.10 bits per heavy atom. The van der Waals surface area contributed by atoms with Gasteiger partial charge in [0.05, 0.1) is 25.0 Å². The molecule has 0 bridgehead atoms. The Hall–Kier alpha value is -1.55. The summed E-state index contributed by atoms with van der Waals surface area (Å²) in [6.45, 7) is 1.57. The van der Waals surface area contributed by atoms with Gasteiger partial charge in [-0.15, -0.1) is 0 Å². The van der Waals surface area contributed by atoms with E-state index in [0.717, 1.165) is 63.2 Å². The predicted octanol–water partition coefficient (Wildman–Crippen LogP) is 2.95. The molecule has 3 rings (SSSR count). The minimum atomic E-state index is 0.318. The minimum absolute atomic E-state index is 0.318. The molecule has 0 spiro atoms. The van der Waals surface area contributed by atoms with E-state index in [1.807, 2.05) is 0 Å². The van der Waals surface area contributed by atoms with Crippen molar-refractivity contribution < 1.29 is 14.7 Å². The Bertz CT molecular complexity index is 488. The van der Waals surface area contributed by atoms with E-state index in [1.165, 1.54) is 11.1 Å². The van der Waals surface area contributed by atoms with Crippen molar-refractivity contribution in [1.29, 1.82) is 0 Å². The molecule has 1 aliphatic carbocycles. The largest absolute Gasteiger partial charge is 0.493 e. The number of oxime groups is 1. The molecule has 1 aliphatic heterocycles. The van der Waals surface area contributed by atoms with Gasteiger partial charge >= 0.3 is 0 Å². The fourth-order valence-electron chi connectivity index (χ4n) is 2.93. The highest BCUT2D eigenvalue weighted by Gasteiger charge is 2.18. The van der Waals surface area contributed by atoms with Crippen LogP contribution < -0.4 is 4.74 Å². The second-order valence-corrected chi connectivity index (χ2v) is 5.53. The maximum Gasteiger partial charge on any atom is 0.122 e. The molecule has 1 heterocycles. The fraction of sp³-hybridized carbons (Fsp3) is 0.562. The summed E-state index contributed by atoms with van der Waals surface area (Å²) in [5.74, 6) is 1.04. The third-order valence-electron chi connectivity index (χ3n) is 4.15. The topological polar surface area (TPSA) is 51.1 Å². The lowest BCUT2D eigenvalue weighted by molar-refractivity contribution is 0.0418. The molecule has 1 N–H and O–H groups in total. The molecule has 0 aromatic heterocycles. The number of benzene rings is 1. The molecule has 1 saturated carbocycles. The van der Waals surface area contributed by atoms with Crippen LogP contribution in [-0.4, -0.2) is 30.2 Å². The Morgan fingerprint density at radius 3 is 2.90 bits per heavy atom. The molecule has 108 valence electrons. The van der Waals surface area contributed by atoms with Gasteiger partial charge in [0, 0.05) is 6.42 Å². The monoisotopic (exact) mass is 275 g/mol. The van der Waals surface area contributed by atoms with Gasteiger partial charge in [-0.2, -0.15) is 0 Å². The summed E-state index contributed by atoms with van der Waals surface area (Å²) in [6, 6.07) is 6.44. The summed E-state index contributed by atoms with van der Waals surface area (Å²) >= 11 is 0. The summed E-state index contributed by atoms with van der Waals surface area (Å²) in [5.41, 5.74) is 3.55. The average Bonchev–Trinajstić information content (AvgIpc) is 2.95. The van der Waals surface area contributed by atoms with Gasteiger partial charge in [0.15, 0.2) is 0 Å². The molecule has 1 aromatic carbocycles. The second-order valence-electron chi connectivity index (χ2n) is 5.53. The first-order valence-corrected chi connectivity index (χ1v) is 7.41. The molecule has 0 unspecified atom stereocenters. The van der Waals surface area contributed by atoms with Crippen LogP contribution in [-0.2, 0) is 17.6 Å². The molecule has 1 aromatic rings. The maximum atomic E-state index is 8.72. The number of nitrogens with zero attached hydrogens (tertiary/aromatic N) is 1. The molecule has 4 nitrogen and oxygen atoms in total. The Kier molecular flexibility index (Phi) is 4.21. The van der Waals surface area contributed by atoms with Crippen molar-refractivity contribution in [3.8, 4) is 5.75 Å². The number of hydrogen-bond donors (Lipinski definition) is 1. The highest BCUT2D eigenvalue weighted by molar-refractivity contribution is 5.84. The van der Waals surface area contributed by atoms with Gasteiger partial charge < -0.3 is 14.7 Å². The Balaban J connectivity index is 1.44. The fourth-order valence-corrected chi connectivity index (χ4v) is 2.93. The third kappa shape index (κ3) is 3.12. The lowest BCUT2D eigenvalue weighted by Crippen LogP contribution is -2.22.